The summed E-state index contributed by atoms with van der Waals surface area (Å²) >= 11 is 3.02. The van der Waals surface area contributed by atoms with Crippen molar-refractivity contribution in [1.82, 2.24) is 4.98 Å². The molecule has 6 atom stereocenters. The van der Waals surface area contributed by atoms with Crippen molar-refractivity contribution in [2.45, 2.75) is 71.3 Å². The number of hydrogen-bond acceptors (Lipinski definition) is 4. The Balaban J connectivity index is 1.41. The molecule has 0 aliphatic heterocycles. The van der Waals surface area contributed by atoms with E-state index in [0.717, 1.165) is 42.9 Å². The first-order chi connectivity index (χ1) is 14.6. The zero-order valence-electron chi connectivity index (χ0n) is 18.0. The second-order valence-corrected chi connectivity index (χ2v) is 11.5. The molecule has 0 radical (unpaired) electrons. The van der Waals surface area contributed by atoms with Gasteiger partial charge < -0.3 is 0 Å². The van der Waals surface area contributed by atoms with Crippen LogP contribution in [0.15, 0.2) is 42.3 Å². The molecule has 0 bridgehead atoms. The van der Waals surface area contributed by atoms with E-state index in [4.69, 9.17) is 6.70 Å². The van der Waals surface area contributed by atoms with Crippen LogP contribution in [0.2, 0.25) is 0 Å². The average Bonchev–Trinajstić information content (AvgIpc) is 3.18. The summed E-state index contributed by atoms with van der Waals surface area (Å²) in [5, 5.41) is 0. The number of fused-ring (bicyclic) bond motifs is 5. The lowest BCUT2D eigenvalue weighted by Gasteiger charge is -2.58. The van der Waals surface area contributed by atoms with Gasteiger partial charge in [-0.05, 0) is 97.2 Å². The van der Waals surface area contributed by atoms with Crippen LogP contribution in [0.1, 0.15) is 70.8 Å². The van der Waals surface area contributed by atoms with Gasteiger partial charge in [0.2, 0.25) is 0 Å². The molecule has 5 heteroatoms. The molecule has 0 saturated heterocycles. The highest BCUT2D eigenvalue weighted by Gasteiger charge is 2.57. The van der Waals surface area contributed by atoms with Gasteiger partial charge in [-0.15, -0.1) is 0 Å². The standard InChI is InChI=1S/C25H32INO2S/c1-3-25-13-11-22-20(23(25)9-8-21(25)17-5-4-14-27-16-17)7-6-18-15-19(28-30-29-26)10-12-24(18,22)2/h4-6,8,14,16,19-20,22-23H,3,7,9-13,15H2,1-2H3. The van der Waals surface area contributed by atoms with Crippen LogP contribution < -0.4 is 0 Å². The Morgan fingerprint density at radius 2 is 2.10 bits per heavy atom. The molecule has 3 nitrogen and oxygen atoms in total. The van der Waals surface area contributed by atoms with Gasteiger partial charge in [-0.25, -0.2) is 2.51 Å². The molecule has 1 aromatic rings. The third kappa shape index (κ3) is 3.34. The van der Waals surface area contributed by atoms with Crippen LogP contribution in [0.4, 0.5) is 0 Å². The summed E-state index contributed by atoms with van der Waals surface area (Å²) in [6.45, 7) is 4.99. The van der Waals surface area contributed by atoms with Crippen LogP contribution in [-0.2, 0) is 6.70 Å². The van der Waals surface area contributed by atoms with Crippen molar-refractivity contribution in [3.8, 4) is 0 Å². The van der Waals surface area contributed by atoms with Crippen LogP contribution in [-0.4, -0.2) is 11.1 Å². The molecule has 2 saturated carbocycles. The molecule has 1 heterocycles. The molecule has 4 aliphatic carbocycles. The minimum atomic E-state index is 0.296. The van der Waals surface area contributed by atoms with Gasteiger partial charge in [0, 0.05) is 12.4 Å². The molecule has 5 rings (SSSR count). The number of allylic oxidation sites excluding steroid dienone is 3. The monoisotopic (exact) mass is 537 g/mol. The smallest absolute Gasteiger partial charge is 0.169 e. The summed E-state index contributed by atoms with van der Waals surface area (Å²) in [6.07, 6.45) is 19.4. The van der Waals surface area contributed by atoms with Crippen LogP contribution in [0.25, 0.3) is 5.57 Å². The first-order valence-corrected chi connectivity index (χ1v) is 13.1. The van der Waals surface area contributed by atoms with Gasteiger partial charge in [-0.2, -0.15) is 0 Å². The summed E-state index contributed by atoms with van der Waals surface area (Å²) in [7, 11) is 0. The average molecular weight is 538 g/mol. The van der Waals surface area contributed by atoms with Gasteiger partial charge in [0.1, 0.15) is 23.0 Å². The Bertz CT molecular complexity index is 843. The van der Waals surface area contributed by atoms with Crippen molar-refractivity contribution in [3.05, 3.63) is 47.8 Å². The van der Waals surface area contributed by atoms with E-state index in [9.17, 15) is 0 Å². The second-order valence-electron chi connectivity index (χ2n) is 10.00. The molecule has 6 unspecified atom stereocenters. The Hall–Kier alpha value is -0.370. The third-order valence-electron chi connectivity index (χ3n) is 9.18. The molecule has 0 N–H and O–H groups in total. The van der Waals surface area contributed by atoms with Gasteiger partial charge in [-0.1, -0.05) is 37.6 Å². The zero-order valence-corrected chi connectivity index (χ0v) is 21.0. The molecule has 0 spiro atoms. The fourth-order valence-corrected chi connectivity index (χ4v) is 8.29. The van der Waals surface area contributed by atoms with Crippen molar-refractivity contribution in [3.63, 3.8) is 0 Å². The Kier molecular flexibility index (Phi) is 6.10. The summed E-state index contributed by atoms with van der Waals surface area (Å²) in [4.78, 5) is 4.43. The number of halogens is 1. The first-order valence-electron chi connectivity index (χ1n) is 11.5. The summed E-state index contributed by atoms with van der Waals surface area (Å²) in [5.74, 6) is 2.41. The van der Waals surface area contributed by atoms with Crippen LogP contribution in [0.3, 0.4) is 0 Å². The maximum atomic E-state index is 5.86. The topological polar surface area (TPSA) is 31.4 Å². The van der Waals surface area contributed by atoms with E-state index < -0.39 is 0 Å². The molecule has 4 aliphatic rings. The Morgan fingerprint density at radius 1 is 1.20 bits per heavy atom. The van der Waals surface area contributed by atoms with Crippen LogP contribution >= 0.6 is 35.3 Å². The van der Waals surface area contributed by atoms with E-state index in [-0.39, 0.29) is 0 Å². The lowest BCUT2D eigenvalue weighted by Crippen LogP contribution is -2.50. The number of aromatic nitrogens is 1. The van der Waals surface area contributed by atoms with Crippen molar-refractivity contribution in [2.24, 2.45) is 28.6 Å². The summed E-state index contributed by atoms with van der Waals surface area (Å²) in [5.41, 5.74) is 5.31. The van der Waals surface area contributed by atoms with E-state index >= 15 is 0 Å². The third-order valence-corrected chi connectivity index (χ3v) is 10.0. The number of rotatable bonds is 5. The molecular weight excluding hydrogens is 505 g/mol. The number of pyridine rings is 1. The normalized spacial score (nSPS) is 40.1. The van der Waals surface area contributed by atoms with Gasteiger partial charge in [-0.3, -0.25) is 9.17 Å². The number of nitrogens with zero attached hydrogens (tertiary/aromatic N) is 1. The molecule has 30 heavy (non-hydrogen) atoms. The van der Waals surface area contributed by atoms with Crippen molar-refractivity contribution >= 4 is 40.9 Å². The summed E-state index contributed by atoms with van der Waals surface area (Å²) in [6, 6.07) is 4.36. The summed E-state index contributed by atoms with van der Waals surface area (Å²) < 4.78 is 10.9. The van der Waals surface area contributed by atoms with E-state index in [1.165, 1.54) is 44.1 Å². The molecule has 1 aromatic heterocycles. The van der Waals surface area contributed by atoms with Gasteiger partial charge in [0.05, 0.1) is 6.10 Å². The predicted octanol–water partition coefficient (Wildman–Crippen LogP) is 7.74. The van der Waals surface area contributed by atoms with E-state index in [2.05, 4.69) is 49.3 Å². The van der Waals surface area contributed by atoms with E-state index in [0.29, 0.717) is 16.9 Å². The maximum Gasteiger partial charge on any atom is 0.169 e. The van der Waals surface area contributed by atoms with Gasteiger partial charge in [0.15, 0.2) is 12.3 Å². The Labute approximate surface area is 199 Å². The van der Waals surface area contributed by atoms with Gasteiger partial charge in [0.25, 0.3) is 0 Å². The Morgan fingerprint density at radius 3 is 2.87 bits per heavy atom. The van der Waals surface area contributed by atoms with Gasteiger partial charge >= 0.3 is 0 Å². The fraction of sp³-hybridized carbons (Fsp3) is 0.640. The number of hydrogen-bond donors (Lipinski definition) is 0. The van der Waals surface area contributed by atoms with Crippen LogP contribution in [0.5, 0.6) is 0 Å². The van der Waals surface area contributed by atoms with Crippen molar-refractivity contribution in [2.75, 3.05) is 0 Å². The zero-order chi connectivity index (χ0) is 20.8. The molecule has 2 fully saturated rings. The highest BCUT2D eigenvalue weighted by Crippen LogP contribution is 2.67. The molecule has 0 amide bonds. The molecule has 162 valence electrons. The highest BCUT2D eigenvalue weighted by atomic mass is 127. The second kappa shape index (κ2) is 8.53. The first kappa shape index (κ1) is 21.5. The minimum absolute atomic E-state index is 0.296. The fourth-order valence-electron chi connectivity index (χ4n) is 7.73. The van der Waals surface area contributed by atoms with E-state index in [1.807, 2.05) is 29.2 Å². The van der Waals surface area contributed by atoms with E-state index in [1.54, 1.807) is 11.1 Å². The highest BCUT2D eigenvalue weighted by molar-refractivity contribution is 14.1. The lowest BCUT2D eigenvalue weighted by molar-refractivity contribution is -0.0269. The van der Waals surface area contributed by atoms with Crippen molar-refractivity contribution in [1.29, 1.82) is 0 Å². The largest absolute Gasteiger partial charge is 0.287 e. The lowest BCUT2D eigenvalue weighted by atomic mass is 9.46. The maximum absolute atomic E-state index is 5.86. The SMILES string of the molecule is CCC12CCC3C(CC=C4CC(OSOI)CCC43C)C1CC=C2c1cccnc1. The molecule has 0 aromatic carbocycles. The minimum Gasteiger partial charge on any atom is -0.287 e. The molecular formula is C25H32INO2S. The van der Waals surface area contributed by atoms with Crippen LogP contribution in [0, 0.1) is 28.6 Å². The predicted molar refractivity (Wildman–Crippen MR) is 131 cm³/mol. The quantitative estimate of drug-likeness (QED) is 0.218. The van der Waals surface area contributed by atoms with Crippen molar-refractivity contribution < 1.29 is 6.70 Å².